The van der Waals surface area contributed by atoms with Crippen LogP contribution in [0.25, 0.3) is 0 Å². The van der Waals surface area contributed by atoms with Crippen molar-refractivity contribution >= 4 is 11.9 Å². The average Bonchev–Trinajstić information content (AvgIpc) is 3.03. The summed E-state index contributed by atoms with van der Waals surface area (Å²) in [5.41, 5.74) is 0.977. The summed E-state index contributed by atoms with van der Waals surface area (Å²) in [7, 11) is 0. The maximum atomic E-state index is 12.9. The van der Waals surface area contributed by atoms with Gasteiger partial charge in [-0.3, -0.25) is 14.6 Å². The van der Waals surface area contributed by atoms with Gasteiger partial charge in [-0.1, -0.05) is 19.3 Å². The Labute approximate surface area is 148 Å². The van der Waals surface area contributed by atoms with Gasteiger partial charge in [0.05, 0.1) is 5.92 Å². The Bertz CT molecular complexity index is 622. The van der Waals surface area contributed by atoms with Crippen LogP contribution in [0.4, 0.5) is 0 Å². The van der Waals surface area contributed by atoms with E-state index in [0.717, 1.165) is 31.2 Å². The topological polar surface area (TPSA) is 65.5 Å². The van der Waals surface area contributed by atoms with Crippen molar-refractivity contribution in [3.63, 3.8) is 0 Å². The van der Waals surface area contributed by atoms with E-state index in [1.165, 1.54) is 13.3 Å². The third-order valence-electron chi connectivity index (χ3n) is 5.03. The molecule has 1 unspecified atom stereocenters. The van der Waals surface area contributed by atoms with Crippen LogP contribution in [0.15, 0.2) is 36.7 Å². The molecule has 0 N–H and O–H groups in total. The standard InChI is InChI=1S/C20H25NO4/c1-14(22)24-17-7-8-18(13-17)25-20(23)19(15-5-3-2-4-6-15)16-9-11-21-12-10-16/h7-12,15,17-19H,2-6,13H2,1H3/t17-,18+,19?/m0/s1. The van der Waals surface area contributed by atoms with Gasteiger partial charge in [0.15, 0.2) is 0 Å². The van der Waals surface area contributed by atoms with Crippen molar-refractivity contribution in [2.45, 2.75) is 63.6 Å². The molecule has 0 spiro atoms. The van der Waals surface area contributed by atoms with Gasteiger partial charge in [0.2, 0.25) is 0 Å². The Balaban J connectivity index is 1.67. The quantitative estimate of drug-likeness (QED) is 0.604. The number of carbonyl (C=O) groups is 2. The van der Waals surface area contributed by atoms with Gasteiger partial charge in [0, 0.05) is 25.7 Å². The first-order valence-corrected chi connectivity index (χ1v) is 9.09. The highest BCUT2D eigenvalue weighted by atomic mass is 16.6. The van der Waals surface area contributed by atoms with Gasteiger partial charge in [0.1, 0.15) is 12.2 Å². The van der Waals surface area contributed by atoms with Gasteiger partial charge >= 0.3 is 11.9 Å². The molecule has 0 radical (unpaired) electrons. The molecule has 134 valence electrons. The monoisotopic (exact) mass is 343 g/mol. The second kappa shape index (κ2) is 8.28. The molecule has 0 saturated heterocycles. The van der Waals surface area contributed by atoms with Crippen LogP contribution in [0.5, 0.6) is 0 Å². The Kier molecular flexibility index (Phi) is 5.84. The zero-order valence-corrected chi connectivity index (χ0v) is 14.6. The minimum Gasteiger partial charge on any atom is -0.458 e. The Morgan fingerprint density at radius 3 is 2.32 bits per heavy atom. The lowest BCUT2D eigenvalue weighted by Crippen LogP contribution is -2.29. The summed E-state index contributed by atoms with van der Waals surface area (Å²) in [6.45, 7) is 1.38. The molecule has 1 aromatic heterocycles. The molecule has 3 atom stereocenters. The smallest absolute Gasteiger partial charge is 0.314 e. The van der Waals surface area contributed by atoms with Crippen molar-refractivity contribution < 1.29 is 19.1 Å². The molecule has 0 amide bonds. The molecule has 25 heavy (non-hydrogen) atoms. The Hall–Kier alpha value is -2.17. The Morgan fingerprint density at radius 2 is 1.68 bits per heavy atom. The SMILES string of the molecule is CC(=O)O[C@H]1C=C[C@@H](OC(=O)C(c2ccncc2)C2CCCCC2)C1. The van der Waals surface area contributed by atoms with Crippen molar-refractivity contribution in [3.05, 3.63) is 42.2 Å². The van der Waals surface area contributed by atoms with E-state index in [9.17, 15) is 9.59 Å². The van der Waals surface area contributed by atoms with Gasteiger partial charge in [0.25, 0.3) is 0 Å². The van der Waals surface area contributed by atoms with Crippen LogP contribution in [0, 0.1) is 5.92 Å². The van der Waals surface area contributed by atoms with E-state index < -0.39 is 0 Å². The predicted octanol–water partition coefficient (Wildman–Crippen LogP) is 3.55. The minimum absolute atomic E-state index is 0.184. The number of rotatable bonds is 5. The highest BCUT2D eigenvalue weighted by Crippen LogP contribution is 2.37. The lowest BCUT2D eigenvalue weighted by Gasteiger charge is -2.30. The first-order chi connectivity index (χ1) is 12.1. The zero-order valence-electron chi connectivity index (χ0n) is 14.6. The van der Waals surface area contributed by atoms with Crippen molar-refractivity contribution in [1.82, 2.24) is 4.98 Å². The summed E-state index contributed by atoms with van der Waals surface area (Å²) in [5, 5.41) is 0. The van der Waals surface area contributed by atoms with Crippen LogP contribution in [0.1, 0.15) is 56.9 Å². The van der Waals surface area contributed by atoms with Crippen LogP contribution in [0.3, 0.4) is 0 Å². The largest absolute Gasteiger partial charge is 0.458 e. The highest BCUT2D eigenvalue weighted by molar-refractivity contribution is 5.79. The van der Waals surface area contributed by atoms with E-state index in [1.54, 1.807) is 18.5 Å². The second-order valence-electron chi connectivity index (χ2n) is 6.90. The van der Waals surface area contributed by atoms with Crippen LogP contribution >= 0.6 is 0 Å². The first kappa shape index (κ1) is 17.6. The fraction of sp³-hybridized carbons (Fsp3) is 0.550. The molecule has 1 aromatic rings. The number of aromatic nitrogens is 1. The van der Waals surface area contributed by atoms with E-state index >= 15 is 0 Å². The van der Waals surface area contributed by atoms with Gasteiger partial charge in [-0.05, 0) is 48.6 Å². The van der Waals surface area contributed by atoms with E-state index in [2.05, 4.69) is 4.98 Å². The fourth-order valence-corrected chi connectivity index (χ4v) is 3.88. The maximum absolute atomic E-state index is 12.9. The van der Waals surface area contributed by atoms with Gasteiger partial charge in [-0.25, -0.2) is 0 Å². The van der Waals surface area contributed by atoms with E-state index in [-0.39, 0.29) is 30.1 Å². The van der Waals surface area contributed by atoms with Gasteiger partial charge < -0.3 is 9.47 Å². The second-order valence-corrected chi connectivity index (χ2v) is 6.90. The van der Waals surface area contributed by atoms with Crippen molar-refractivity contribution in [2.75, 3.05) is 0 Å². The number of pyridine rings is 1. The van der Waals surface area contributed by atoms with Crippen LogP contribution in [-0.4, -0.2) is 29.1 Å². The third-order valence-corrected chi connectivity index (χ3v) is 5.03. The molecular weight excluding hydrogens is 318 g/mol. The molecule has 2 aliphatic carbocycles. The number of nitrogens with zero attached hydrogens (tertiary/aromatic N) is 1. The molecule has 0 aliphatic heterocycles. The normalized spacial score (nSPS) is 24.7. The molecular formula is C20H25NO4. The van der Waals surface area contributed by atoms with Crippen molar-refractivity contribution in [3.8, 4) is 0 Å². The summed E-state index contributed by atoms with van der Waals surface area (Å²) in [6, 6.07) is 3.82. The molecule has 5 nitrogen and oxygen atoms in total. The van der Waals surface area contributed by atoms with Crippen LogP contribution in [-0.2, 0) is 19.1 Å². The number of hydrogen-bond acceptors (Lipinski definition) is 5. The minimum atomic E-state index is -0.329. The summed E-state index contributed by atoms with van der Waals surface area (Å²) in [6.07, 6.45) is 12.6. The van der Waals surface area contributed by atoms with E-state index in [0.29, 0.717) is 12.3 Å². The van der Waals surface area contributed by atoms with Crippen LogP contribution < -0.4 is 0 Å². The fourth-order valence-electron chi connectivity index (χ4n) is 3.88. The molecule has 1 saturated carbocycles. The molecule has 1 heterocycles. The van der Waals surface area contributed by atoms with Crippen molar-refractivity contribution in [2.24, 2.45) is 5.92 Å². The third kappa shape index (κ3) is 4.68. The lowest BCUT2D eigenvalue weighted by molar-refractivity contribution is -0.152. The highest BCUT2D eigenvalue weighted by Gasteiger charge is 2.34. The summed E-state index contributed by atoms with van der Waals surface area (Å²) in [4.78, 5) is 28.1. The molecule has 1 fully saturated rings. The van der Waals surface area contributed by atoms with E-state index in [4.69, 9.17) is 9.47 Å². The number of carbonyl (C=O) groups excluding carboxylic acids is 2. The maximum Gasteiger partial charge on any atom is 0.314 e. The van der Waals surface area contributed by atoms with E-state index in [1.807, 2.05) is 18.2 Å². The number of esters is 2. The molecule has 2 aliphatic rings. The average molecular weight is 343 g/mol. The number of hydrogen-bond donors (Lipinski definition) is 0. The van der Waals surface area contributed by atoms with Gasteiger partial charge in [-0.15, -0.1) is 0 Å². The number of ether oxygens (including phenoxy) is 2. The summed E-state index contributed by atoms with van der Waals surface area (Å²) >= 11 is 0. The van der Waals surface area contributed by atoms with Crippen molar-refractivity contribution in [1.29, 1.82) is 0 Å². The first-order valence-electron chi connectivity index (χ1n) is 9.09. The Morgan fingerprint density at radius 1 is 1.04 bits per heavy atom. The lowest BCUT2D eigenvalue weighted by atomic mass is 9.77. The molecule has 3 rings (SSSR count). The summed E-state index contributed by atoms with van der Waals surface area (Å²) < 4.78 is 10.9. The van der Waals surface area contributed by atoms with Crippen LogP contribution in [0.2, 0.25) is 0 Å². The zero-order chi connectivity index (χ0) is 17.6. The molecule has 5 heteroatoms. The summed E-state index contributed by atoms with van der Waals surface area (Å²) in [5.74, 6) is -0.433. The predicted molar refractivity (Wildman–Crippen MR) is 92.7 cm³/mol. The molecule has 0 aromatic carbocycles. The van der Waals surface area contributed by atoms with Gasteiger partial charge in [-0.2, -0.15) is 0 Å². The molecule has 0 bridgehead atoms.